The number of carbonyl (C=O) groups excluding carboxylic acids is 1. The predicted molar refractivity (Wildman–Crippen MR) is 55.8 cm³/mol. The Bertz CT molecular complexity index is 444. The van der Waals surface area contributed by atoms with Crippen LogP contribution in [0.5, 0.6) is 0 Å². The zero-order chi connectivity index (χ0) is 9.97. The summed E-state index contributed by atoms with van der Waals surface area (Å²) in [4.78, 5) is 16.1. The smallest absolute Gasteiger partial charge is 0.166 e. The Kier molecular flexibility index (Phi) is 2.45. The van der Waals surface area contributed by atoms with E-state index in [0.717, 1.165) is 11.3 Å². The molecule has 2 rings (SSSR count). The molecule has 4 heteroatoms. The summed E-state index contributed by atoms with van der Waals surface area (Å²) < 4.78 is 1.89. The summed E-state index contributed by atoms with van der Waals surface area (Å²) in [6.07, 6.45) is 4.60. The third-order valence-corrected chi connectivity index (χ3v) is 2.86. The number of nitrogens with zero attached hydrogens (tertiary/aromatic N) is 2. The molecule has 3 nitrogen and oxygen atoms in total. The molecule has 0 saturated carbocycles. The van der Waals surface area contributed by atoms with Crippen LogP contribution in [0, 0.1) is 6.92 Å². The maximum Gasteiger partial charge on any atom is 0.166 e. The van der Waals surface area contributed by atoms with E-state index < -0.39 is 0 Å². The Morgan fingerprint density at radius 3 is 3.14 bits per heavy atom. The number of aldehydes is 1. The summed E-state index contributed by atoms with van der Waals surface area (Å²) in [5.41, 5.74) is 0.692. The van der Waals surface area contributed by atoms with Gasteiger partial charge < -0.3 is 4.57 Å². The van der Waals surface area contributed by atoms with Crippen molar-refractivity contribution in [3.63, 3.8) is 0 Å². The van der Waals surface area contributed by atoms with Gasteiger partial charge in [0.05, 0.1) is 12.2 Å². The number of rotatable bonds is 3. The van der Waals surface area contributed by atoms with Gasteiger partial charge >= 0.3 is 0 Å². The predicted octanol–water partition coefficient (Wildman–Crippen LogP) is 2.11. The molecule has 0 aliphatic carbocycles. The van der Waals surface area contributed by atoms with Gasteiger partial charge in [-0.1, -0.05) is 0 Å². The quantitative estimate of drug-likeness (QED) is 0.721. The molecule has 0 fully saturated rings. The monoisotopic (exact) mass is 206 g/mol. The van der Waals surface area contributed by atoms with Crippen molar-refractivity contribution in [2.24, 2.45) is 0 Å². The van der Waals surface area contributed by atoms with E-state index >= 15 is 0 Å². The second-order valence-corrected chi connectivity index (χ2v) is 4.36. The molecular formula is C10H10N2OS. The van der Waals surface area contributed by atoms with E-state index in [2.05, 4.69) is 4.98 Å². The molecule has 0 aromatic carbocycles. The highest BCUT2D eigenvalue weighted by Crippen LogP contribution is 2.13. The summed E-state index contributed by atoms with van der Waals surface area (Å²) in [6, 6.07) is 3.66. The lowest BCUT2D eigenvalue weighted by atomic mass is 10.5. The highest BCUT2D eigenvalue weighted by Gasteiger charge is 2.02. The number of hydrogen-bond donors (Lipinski definition) is 0. The third-order valence-electron chi connectivity index (χ3n) is 1.96. The number of carbonyl (C=O) groups is 1. The summed E-state index contributed by atoms with van der Waals surface area (Å²) in [7, 11) is 0. The zero-order valence-corrected chi connectivity index (χ0v) is 8.62. The number of thiazole rings is 1. The molecule has 0 aliphatic heterocycles. The molecule has 72 valence electrons. The van der Waals surface area contributed by atoms with Crippen molar-refractivity contribution in [2.75, 3.05) is 0 Å². The summed E-state index contributed by atoms with van der Waals surface area (Å²) in [6.45, 7) is 2.71. The van der Waals surface area contributed by atoms with Crippen LogP contribution in [0.2, 0.25) is 0 Å². The fraction of sp³-hybridized carbons (Fsp3) is 0.200. The maximum atomic E-state index is 10.6. The van der Waals surface area contributed by atoms with Crippen LogP contribution in [0.25, 0.3) is 0 Å². The first kappa shape index (κ1) is 9.15. The van der Waals surface area contributed by atoms with Crippen molar-refractivity contribution < 1.29 is 4.79 Å². The van der Waals surface area contributed by atoms with Crippen LogP contribution in [0.3, 0.4) is 0 Å². The fourth-order valence-corrected chi connectivity index (χ4v) is 2.08. The van der Waals surface area contributed by atoms with Crippen LogP contribution in [0.15, 0.2) is 24.5 Å². The van der Waals surface area contributed by atoms with Crippen LogP contribution < -0.4 is 0 Å². The van der Waals surface area contributed by atoms with Crippen molar-refractivity contribution in [1.82, 2.24) is 9.55 Å². The molecule has 0 radical (unpaired) electrons. The highest BCUT2D eigenvalue weighted by atomic mass is 32.1. The summed E-state index contributed by atoms with van der Waals surface area (Å²) in [5.74, 6) is 0. The van der Waals surface area contributed by atoms with E-state index in [1.165, 1.54) is 4.88 Å². The Balaban J connectivity index is 2.22. The molecule has 2 heterocycles. The lowest BCUT2D eigenvalue weighted by molar-refractivity contribution is 0.111. The molecule has 0 aliphatic rings. The summed E-state index contributed by atoms with van der Waals surface area (Å²) in [5, 5.41) is 1.03. The van der Waals surface area contributed by atoms with Gasteiger partial charge in [0.2, 0.25) is 0 Å². The number of aryl methyl sites for hydroxylation is 1. The highest BCUT2D eigenvalue weighted by molar-refractivity contribution is 7.11. The molecule has 2 aromatic heterocycles. The molecule has 0 atom stereocenters. The Labute approximate surface area is 86.0 Å². The van der Waals surface area contributed by atoms with E-state index in [9.17, 15) is 4.79 Å². The van der Waals surface area contributed by atoms with E-state index in [0.29, 0.717) is 12.2 Å². The molecular weight excluding hydrogens is 196 g/mol. The molecule has 0 unspecified atom stereocenters. The molecule has 0 amide bonds. The Hall–Kier alpha value is -1.42. The van der Waals surface area contributed by atoms with Crippen molar-refractivity contribution in [1.29, 1.82) is 0 Å². The van der Waals surface area contributed by atoms with Crippen molar-refractivity contribution in [3.05, 3.63) is 40.1 Å². The van der Waals surface area contributed by atoms with Crippen molar-refractivity contribution in [2.45, 2.75) is 13.5 Å². The maximum absolute atomic E-state index is 10.6. The van der Waals surface area contributed by atoms with E-state index in [-0.39, 0.29) is 0 Å². The van der Waals surface area contributed by atoms with Crippen LogP contribution >= 0.6 is 11.3 Å². The molecule has 0 N–H and O–H groups in total. The van der Waals surface area contributed by atoms with Gasteiger partial charge in [0, 0.05) is 17.3 Å². The van der Waals surface area contributed by atoms with E-state index in [4.69, 9.17) is 0 Å². The Morgan fingerprint density at radius 2 is 2.50 bits per heavy atom. The average Bonchev–Trinajstić information content (AvgIpc) is 2.76. The van der Waals surface area contributed by atoms with Gasteiger partial charge in [-0.05, 0) is 19.1 Å². The van der Waals surface area contributed by atoms with Crippen molar-refractivity contribution >= 4 is 17.6 Å². The topological polar surface area (TPSA) is 34.9 Å². The first-order valence-electron chi connectivity index (χ1n) is 4.31. The molecule has 0 saturated heterocycles. The minimum atomic E-state index is 0.680. The number of aromatic nitrogens is 2. The largest absolute Gasteiger partial charge is 0.338 e. The van der Waals surface area contributed by atoms with E-state index in [1.807, 2.05) is 30.0 Å². The van der Waals surface area contributed by atoms with Gasteiger partial charge in [-0.3, -0.25) is 4.79 Å². The third kappa shape index (κ3) is 1.75. The van der Waals surface area contributed by atoms with Gasteiger partial charge in [-0.2, -0.15) is 0 Å². The van der Waals surface area contributed by atoms with Crippen molar-refractivity contribution in [3.8, 4) is 0 Å². The number of hydrogen-bond acceptors (Lipinski definition) is 3. The van der Waals surface area contributed by atoms with Crippen LogP contribution in [-0.2, 0) is 6.54 Å². The van der Waals surface area contributed by atoms with Gasteiger partial charge in [0.1, 0.15) is 5.01 Å². The molecule has 14 heavy (non-hydrogen) atoms. The van der Waals surface area contributed by atoms with Gasteiger partial charge in [-0.25, -0.2) is 4.98 Å². The Morgan fingerprint density at radius 1 is 1.64 bits per heavy atom. The normalized spacial score (nSPS) is 10.4. The van der Waals surface area contributed by atoms with E-state index in [1.54, 1.807) is 17.4 Å². The fourth-order valence-electron chi connectivity index (χ4n) is 1.30. The zero-order valence-electron chi connectivity index (χ0n) is 7.80. The molecule has 0 bridgehead atoms. The van der Waals surface area contributed by atoms with Gasteiger partial charge in [-0.15, -0.1) is 11.3 Å². The van der Waals surface area contributed by atoms with Crippen LogP contribution in [0.4, 0.5) is 0 Å². The SMILES string of the molecule is Cc1cnc(Cn2cccc2C=O)s1. The average molecular weight is 206 g/mol. The first-order valence-corrected chi connectivity index (χ1v) is 5.13. The van der Waals surface area contributed by atoms with Gasteiger partial charge in [0.25, 0.3) is 0 Å². The summed E-state index contributed by atoms with van der Waals surface area (Å²) >= 11 is 1.66. The van der Waals surface area contributed by atoms with Crippen LogP contribution in [-0.4, -0.2) is 15.8 Å². The molecule has 2 aromatic rings. The minimum Gasteiger partial charge on any atom is -0.338 e. The molecule has 0 spiro atoms. The lowest BCUT2D eigenvalue weighted by Crippen LogP contribution is -2.01. The minimum absolute atomic E-state index is 0.680. The van der Waals surface area contributed by atoms with Gasteiger partial charge in [0.15, 0.2) is 6.29 Å². The standard InChI is InChI=1S/C10H10N2OS/c1-8-5-11-10(14-8)6-12-4-2-3-9(12)7-13/h2-5,7H,6H2,1H3. The first-order chi connectivity index (χ1) is 6.79. The van der Waals surface area contributed by atoms with Crippen LogP contribution in [0.1, 0.15) is 20.4 Å². The second-order valence-electron chi connectivity index (χ2n) is 3.04. The second kappa shape index (κ2) is 3.75. The lowest BCUT2D eigenvalue weighted by Gasteiger charge is -2.00.